The summed E-state index contributed by atoms with van der Waals surface area (Å²) in [5, 5.41) is 13.5. The minimum absolute atomic E-state index is 0.201. The molecule has 1 aromatic carbocycles. The van der Waals surface area contributed by atoms with Crippen LogP contribution in [0.1, 0.15) is 38.7 Å². The summed E-state index contributed by atoms with van der Waals surface area (Å²) < 4.78 is 30.4. The number of rotatable bonds is 5. The third kappa shape index (κ3) is 3.48. The average Bonchev–Trinajstić information content (AvgIpc) is 2.92. The Balaban J connectivity index is 1.54. The zero-order valence-corrected chi connectivity index (χ0v) is 16.2. The van der Waals surface area contributed by atoms with E-state index in [2.05, 4.69) is 23.9 Å². The molecule has 27 heavy (non-hydrogen) atoms. The highest BCUT2D eigenvalue weighted by molar-refractivity contribution is 7.85. The van der Waals surface area contributed by atoms with Gasteiger partial charge in [0.1, 0.15) is 18.0 Å². The van der Waals surface area contributed by atoms with Crippen LogP contribution in [0.25, 0.3) is 5.57 Å². The molecule has 3 N–H and O–H groups in total. The van der Waals surface area contributed by atoms with E-state index in [-0.39, 0.29) is 24.0 Å². The zero-order chi connectivity index (χ0) is 19.3. The van der Waals surface area contributed by atoms with Crippen molar-refractivity contribution in [2.24, 2.45) is 11.3 Å². The van der Waals surface area contributed by atoms with Gasteiger partial charge in [-0.2, -0.15) is 0 Å². The number of carbonyl (C=O) groups excluding carboxylic acids is 1. The van der Waals surface area contributed by atoms with Crippen molar-refractivity contribution in [1.29, 1.82) is 0 Å². The number of amides is 1. The van der Waals surface area contributed by atoms with Gasteiger partial charge < -0.3 is 10.4 Å². The normalized spacial score (nSPS) is 29.0. The molecule has 1 amide bonds. The van der Waals surface area contributed by atoms with Crippen molar-refractivity contribution < 1.29 is 18.5 Å². The number of phenols is 1. The van der Waals surface area contributed by atoms with Crippen LogP contribution in [-0.4, -0.2) is 34.4 Å². The molecular weight excluding hydrogens is 369 g/mol. The molecule has 4 rings (SSSR count). The van der Waals surface area contributed by atoms with E-state index in [4.69, 9.17) is 0 Å². The lowest BCUT2D eigenvalue weighted by molar-refractivity contribution is -0.117. The third-order valence-electron chi connectivity index (χ3n) is 5.88. The van der Waals surface area contributed by atoms with Gasteiger partial charge in [-0.25, -0.2) is 8.60 Å². The van der Waals surface area contributed by atoms with E-state index in [1.165, 1.54) is 18.6 Å². The van der Waals surface area contributed by atoms with Gasteiger partial charge in [0, 0.05) is 18.2 Å². The van der Waals surface area contributed by atoms with E-state index in [1.54, 1.807) is 0 Å². The van der Waals surface area contributed by atoms with Crippen LogP contribution in [0.5, 0.6) is 5.75 Å². The molecule has 2 fully saturated rings. The molecule has 6 nitrogen and oxygen atoms in total. The molecule has 2 heterocycles. The standard InChI is InChI=1S/C19H24FN3O3S/c1-19(2)8-12(19)3-4-13-7-11(9-21-13)14-5-6-15(24)18(17(14)20)23-10-16(25)22-27(23)26/h5-7,12-13,21,24H,3-4,8-10H2,1-2H3,(H,22,25). The number of nitrogens with one attached hydrogen (secondary N) is 2. The van der Waals surface area contributed by atoms with Gasteiger partial charge in [0.2, 0.25) is 11.2 Å². The molecule has 0 bridgehead atoms. The minimum atomic E-state index is -1.89. The lowest BCUT2D eigenvalue weighted by atomic mass is 10.0. The number of nitrogens with zero attached hydrogens (tertiary/aromatic N) is 1. The molecule has 0 radical (unpaired) electrons. The molecule has 1 aliphatic carbocycles. The van der Waals surface area contributed by atoms with Crippen molar-refractivity contribution in [1.82, 2.24) is 10.0 Å². The van der Waals surface area contributed by atoms with Crippen LogP contribution in [0.4, 0.5) is 10.1 Å². The summed E-state index contributed by atoms with van der Waals surface area (Å²) >= 11 is -1.89. The van der Waals surface area contributed by atoms with E-state index in [0.29, 0.717) is 17.5 Å². The van der Waals surface area contributed by atoms with Crippen LogP contribution >= 0.6 is 0 Å². The number of halogens is 1. The van der Waals surface area contributed by atoms with E-state index >= 15 is 4.39 Å². The second kappa shape index (κ2) is 6.60. The third-order valence-corrected chi connectivity index (χ3v) is 6.99. The first-order valence-corrected chi connectivity index (χ1v) is 10.3. The Morgan fingerprint density at radius 3 is 2.74 bits per heavy atom. The van der Waals surface area contributed by atoms with Crippen LogP contribution in [0.15, 0.2) is 18.2 Å². The van der Waals surface area contributed by atoms with Crippen LogP contribution in [0, 0.1) is 17.2 Å². The highest BCUT2D eigenvalue weighted by Gasteiger charge is 2.44. The highest BCUT2D eigenvalue weighted by Crippen LogP contribution is 2.54. The SMILES string of the molecule is CC1(C)CC1CCC1C=C(c2ccc(O)c(N3CC(=O)NS3=O)c2F)CN1. The average molecular weight is 393 g/mol. The number of hydrogen-bond acceptors (Lipinski definition) is 4. The van der Waals surface area contributed by atoms with Crippen molar-refractivity contribution in [2.45, 2.75) is 39.2 Å². The fourth-order valence-electron chi connectivity index (χ4n) is 4.00. The quantitative estimate of drug-likeness (QED) is 0.717. The van der Waals surface area contributed by atoms with Crippen molar-refractivity contribution in [3.63, 3.8) is 0 Å². The molecule has 2 aliphatic heterocycles. The van der Waals surface area contributed by atoms with Crippen LogP contribution < -0.4 is 14.3 Å². The van der Waals surface area contributed by atoms with Gasteiger partial charge in [0.15, 0.2) is 5.82 Å². The van der Waals surface area contributed by atoms with Gasteiger partial charge in [-0.05, 0) is 48.3 Å². The first kappa shape index (κ1) is 18.4. The Kier molecular flexibility index (Phi) is 4.50. The van der Waals surface area contributed by atoms with Crippen LogP contribution in [0.3, 0.4) is 0 Å². The van der Waals surface area contributed by atoms with Crippen LogP contribution in [-0.2, 0) is 16.0 Å². The maximum Gasteiger partial charge on any atom is 0.253 e. The van der Waals surface area contributed by atoms with E-state index in [9.17, 15) is 14.1 Å². The fraction of sp³-hybridized carbons (Fsp3) is 0.526. The predicted molar refractivity (Wildman–Crippen MR) is 103 cm³/mol. The molecule has 3 unspecified atom stereocenters. The minimum Gasteiger partial charge on any atom is -0.506 e. The molecule has 3 atom stereocenters. The van der Waals surface area contributed by atoms with Crippen molar-refractivity contribution in [3.8, 4) is 5.75 Å². The Morgan fingerprint density at radius 2 is 2.11 bits per heavy atom. The number of aromatic hydroxyl groups is 1. The maximum absolute atomic E-state index is 15.1. The zero-order valence-electron chi connectivity index (χ0n) is 15.4. The summed E-state index contributed by atoms with van der Waals surface area (Å²) in [6.45, 7) is 4.87. The first-order valence-electron chi connectivity index (χ1n) is 9.21. The van der Waals surface area contributed by atoms with E-state index in [1.807, 2.05) is 6.08 Å². The summed E-state index contributed by atoms with van der Waals surface area (Å²) in [5.74, 6) is -0.691. The van der Waals surface area contributed by atoms with Gasteiger partial charge in [-0.3, -0.25) is 13.8 Å². The first-order chi connectivity index (χ1) is 12.8. The Morgan fingerprint density at radius 1 is 1.37 bits per heavy atom. The molecular formula is C19H24FN3O3S. The van der Waals surface area contributed by atoms with Gasteiger partial charge in [-0.15, -0.1) is 0 Å². The van der Waals surface area contributed by atoms with E-state index in [0.717, 1.165) is 28.6 Å². The van der Waals surface area contributed by atoms with Gasteiger partial charge >= 0.3 is 0 Å². The molecule has 1 saturated carbocycles. The number of benzene rings is 1. The monoisotopic (exact) mass is 393 g/mol. The molecule has 0 spiro atoms. The van der Waals surface area contributed by atoms with Gasteiger partial charge in [0.25, 0.3) is 5.91 Å². The Hall–Kier alpha value is -1.93. The predicted octanol–water partition coefficient (Wildman–Crippen LogP) is 2.23. The molecule has 1 saturated heterocycles. The van der Waals surface area contributed by atoms with Crippen molar-refractivity contribution in [2.75, 3.05) is 17.4 Å². The smallest absolute Gasteiger partial charge is 0.253 e. The summed E-state index contributed by atoms with van der Waals surface area (Å²) in [7, 11) is 0. The molecule has 146 valence electrons. The van der Waals surface area contributed by atoms with Crippen molar-refractivity contribution in [3.05, 3.63) is 29.6 Å². The molecule has 1 aromatic rings. The number of anilines is 1. The van der Waals surface area contributed by atoms with E-state index < -0.39 is 22.9 Å². The summed E-state index contributed by atoms with van der Waals surface area (Å²) in [5.41, 5.74) is 1.44. The number of phenolic OH excluding ortho intramolecular Hbond substituents is 1. The maximum atomic E-state index is 15.1. The second-order valence-electron chi connectivity index (χ2n) is 8.25. The summed E-state index contributed by atoms with van der Waals surface area (Å²) in [4.78, 5) is 11.5. The number of carbonyl (C=O) groups is 1. The summed E-state index contributed by atoms with van der Waals surface area (Å²) in [6.07, 6.45) is 5.47. The fourth-order valence-corrected chi connectivity index (χ4v) is 4.94. The number of hydrogen-bond donors (Lipinski definition) is 3. The summed E-state index contributed by atoms with van der Waals surface area (Å²) in [6, 6.07) is 3.12. The lowest BCUT2D eigenvalue weighted by Crippen LogP contribution is -2.24. The Bertz CT molecular complexity index is 855. The molecule has 0 aromatic heterocycles. The topological polar surface area (TPSA) is 81.7 Å². The molecule has 8 heteroatoms. The lowest BCUT2D eigenvalue weighted by Gasteiger charge is -2.18. The second-order valence-corrected chi connectivity index (χ2v) is 9.40. The van der Waals surface area contributed by atoms with Gasteiger partial charge in [-0.1, -0.05) is 19.9 Å². The largest absolute Gasteiger partial charge is 0.506 e. The van der Waals surface area contributed by atoms with Gasteiger partial charge in [0.05, 0.1) is 0 Å². The van der Waals surface area contributed by atoms with Crippen molar-refractivity contribution >= 4 is 28.3 Å². The highest BCUT2D eigenvalue weighted by atomic mass is 32.2. The van der Waals surface area contributed by atoms with Crippen LogP contribution in [0.2, 0.25) is 0 Å². The molecule has 3 aliphatic rings. The Labute approximate surface area is 160 Å².